The number of nitrogens with one attached hydrogen (secondary N) is 1. The Bertz CT molecular complexity index is 328. The number of rotatable bonds is 5. The molecule has 7 heteroatoms. The van der Waals surface area contributed by atoms with Gasteiger partial charge in [0.25, 0.3) is 0 Å². The summed E-state index contributed by atoms with van der Waals surface area (Å²) < 4.78 is 31.6. The maximum absolute atomic E-state index is 10.9. The number of carbonyl (C=O) groups is 1. The van der Waals surface area contributed by atoms with Crippen LogP contribution in [0.2, 0.25) is 0 Å². The second-order valence-electron chi connectivity index (χ2n) is 3.31. The van der Waals surface area contributed by atoms with Crippen molar-refractivity contribution in [1.29, 1.82) is 0 Å². The first kappa shape index (κ1) is 18.1. The largest absolute Gasteiger partial charge is 1.00 e. The molecular formula is C8H14KNO4S. The van der Waals surface area contributed by atoms with E-state index in [1.54, 1.807) is 6.92 Å². The van der Waals surface area contributed by atoms with Gasteiger partial charge in [-0.2, -0.15) is 0 Å². The van der Waals surface area contributed by atoms with Gasteiger partial charge in [0.2, 0.25) is 5.91 Å². The molecule has 15 heavy (non-hydrogen) atoms. The Labute approximate surface area is 133 Å². The molecule has 0 radical (unpaired) electrons. The first-order chi connectivity index (χ1) is 6.22. The minimum absolute atomic E-state index is 0. The van der Waals surface area contributed by atoms with Crippen molar-refractivity contribution in [2.45, 2.75) is 25.8 Å². The molecule has 0 aliphatic heterocycles. The number of hydrogen-bond acceptors (Lipinski definition) is 4. The van der Waals surface area contributed by atoms with Crippen molar-refractivity contribution in [2.75, 3.05) is 5.75 Å². The van der Waals surface area contributed by atoms with Gasteiger partial charge in [-0.15, -0.1) is 0 Å². The van der Waals surface area contributed by atoms with Gasteiger partial charge in [0.15, 0.2) is 0 Å². The maximum Gasteiger partial charge on any atom is 1.00 e. The van der Waals surface area contributed by atoms with Crippen LogP contribution in [0.1, 0.15) is 20.3 Å². The molecule has 5 nitrogen and oxygen atoms in total. The van der Waals surface area contributed by atoms with Gasteiger partial charge in [0, 0.05) is 0 Å². The summed E-state index contributed by atoms with van der Waals surface area (Å²) in [5, 5.41) is 2.41. The summed E-state index contributed by atoms with van der Waals surface area (Å²) in [5.74, 6) is -1.10. The summed E-state index contributed by atoms with van der Waals surface area (Å²) in [6.07, 6.45) is 1.39. The van der Waals surface area contributed by atoms with E-state index in [9.17, 15) is 17.8 Å². The summed E-state index contributed by atoms with van der Waals surface area (Å²) in [4.78, 5) is 10.9. The predicted molar refractivity (Wildman–Crippen MR) is 51.6 cm³/mol. The molecule has 0 saturated carbocycles. The van der Waals surface area contributed by atoms with Crippen LogP contribution < -0.4 is 56.7 Å². The van der Waals surface area contributed by atoms with E-state index in [1.165, 1.54) is 6.92 Å². The summed E-state index contributed by atoms with van der Waals surface area (Å²) in [5.41, 5.74) is -1.02. The molecule has 0 aliphatic rings. The van der Waals surface area contributed by atoms with E-state index >= 15 is 0 Å². The van der Waals surface area contributed by atoms with E-state index in [0.29, 0.717) is 6.42 Å². The van der Waals surface area contributed by atoms with E-state index in [0.717, 1.165) is 6.08 Å². The second-order valence-corrected chi connectivity index (χ2v) is 4.71. The van der Waals surface area contributed by atoms with Crippen molar-refractivity contribution < 1.29 is 69.1 Å². The van der Waals surface area contributed by atoms with E-state index < -0.39 is 27.3 Å². The molecule has 82 valence electrons. The molecule has 1 amide bonds. The molecular weight excluding hydrogens is 245 g/mol. The maximum atomic E-state index is 10.9. The third-order valence-corrected chi connectivity index (χ3v) is 2.88. The smallest absolute Gasteiger partial charge is 0.748 e. The average molecular weight is 259 g/mol. The van der Waals surface area contributed by atoms with Gasteiger partial charge in [-0.05, 0) is 19.4 Å². The third kappa shape index (κ3) is 8.55. The molecule has 0 aromatic carbocycles. The summed E-state index contributed by atoms with van der Waals surface area (Å²) in [7, 11) is -4.35. The zero-order valence-electron chi connectivity index (χ0n) is 9.24. The Morgan fingerprint density at radius 1 is 1.60 bits per heavy atom. The van der Waals surface area contributed by atoms with Crippen LogP contribution in [0.25, 0.3) is 0 Å². The van der Waals surface area contributed by atoms with Crippen LogP contribution >= 0.6 is 0 Å². The van der Waals surface area contributed by atoms with Crippen LogP contribution in [0.15, 0.2) is 12.7 Å². The second kappa shape index (κ2) is 7.15. The summed E-state index contributed by atoms with van der Waals surface area (Å²) >= 11 is 0. The minimum atomic E-state index is -4.35. The standard InChI is InChI=1S/C8H15NO4S.K/c1-4-7(10)9-8(3,5-2)6-14(11,12)13;/h4H,1,5-6H2,2-3H3,(H,9,10)(H,11,12,13);/q;+1/p-1. The van der Waals surface area contributed by atoms with E-state index in [2.05, 4.69) is 11.9 Å². The quantitative estimate of drug-likeness (QED) is 0.324. The molecule has 0 rings (SSSR count). The molecule has 1 atom stereocenters. The van der Waals surface area contributed by atoms with Gasteiger partial charge in [0.05, 0.1) is 21.4 Å². The van der Waals surface area contributed by atoms with Crippen molar-refractivity contribution in [3.8, 4) is 0 Å². The number of carbonyl (C=O) groups excluding carboxylic acids is 1. The summed E-state index contributed by atoms with van der Waals surface area (Å²) in [6.45, 7) is 6.43. The fourth-order valence-corrected chi connectivity index (χ4v) is 2.02. The van der Waals surface area contributed by atoms with Crippen LogP contribution in [0.4, 0.5) is 0 Å². The Balaban J connectivity index is 0. The molecule has 0 aromatic rings. The molecule has 0 bridgehead atoms. The van der Waals surface area contributed by atoms with Crippen molar-refractivity contribution in [3.05, 3.63) is 12.7 Å². The fraction of sp³-hybridized carbons (Fsp3) is 0.625. The molecule has 0 aromatic heterocycles. The van der Waals surface area contributed by atoms with Crippen LogP contribution in [0.5, 0.6) is 0 Å². The monoisotopic (exact) mass is 259 g/mol. The molecule has 0 saturated heterocycles. The van der Waals surface area contributed by atoms with E-state index in [4.69, 9.17) is 0 Å². The zero-order chi connectivity index (χ0) is 11.4. The van der Waals surface area contributed by atoms with Gasteiger partial charge in [-0.3, -0.25) is 4.79 Å². The van der Waals surface area contributed by atoms with Crippen LogP contribution in [-0.4, -0.2) is 30.2 Å². The molecule has 0 fully saturated rings. The Kier molecular flexibility index (Phi) is 8.65. The predicted octanol–water partition coefficient (Wildman–Crippen LogP) is -2.99. The number of amides is 1. The minimum Gasteiger partial charge on any atom is -0.748 e. The van der Waals surface area contributed by atoms with Gasteiger partial charge < -0.3 is 9.87 Å². The van der Waals surface area contributed by atoms with Gasteiger partial charge in [-0.25, -0.2) is 8.42 Å². The van der Waals surface area contributed by atoms with Gasteiger partial charge >= 0.3 is 51.4 Å². The molecule has 1 unspecified atom stereocenters. The van der Waals surface area contributed by atoms with Crippen molar-refractivity contribution in [2.24, 2.45) is 0 Å². The van der Waals surface area contributed by atoms with Crippen LogP contribution in [0.3, 0.4) is 0 Å². The SMILES string of the molecule is C=CC(=O)NC(C)(CC)CS(=O)(=O)[O-].[K+]. The molecule has 0 aliphatic carbocycles. The van der Waals surface area contributed by atoms with Crippen molar-refractivity contribution >= 4 is 16.0 Å². The molecule has 0 heterocycles. The van der Waals surface area contributed by atoms with Crippen molar-refractivity contribution in [1.82, 2.24) is 5.32 Å². The van der Waals surface area contributed by atoms with Crippen molar-refractivity contribution in [3.63, 3.8) is 0 Å². The molecule has 0 spiro atoms. The zero-order valence-corrected chi connectivity index (χ0v) is 13.2. The Hall–Kier alpha value is 0.756. The first-order valence-electron chi connectivity index (χ1n) is 4.10. The van der Waals surface area contributed by atoms with E-state index in [1.807, 2.05) is 0 Å². The Morgan fingerprint density at radius 3 is 2.33 bits per heavy atom. The van der Waals surface area contributed by atoms with Gasteiger partial charge in [-0.1, -0.05) is 13.5 Å². The summed E-state index contributed by atoms with van der Waals surface area (Å²) in [6, 6.07) is 0. The molecule has 1 N–H and O–H groups in total. The fourth-order valence-electron chi connectivity index (χ4n) is 0.965. The van der Waals surface area contributed by atoms with Crippen LogP contribution in [0, 0.1) is 0 Å². The number of hydrogen-bond donors (Lipinski definition) is 1. The average Bonchev–Trinajstić information content (AvgIpc) is 2.00. The Morgan fingerprint density at radius 2 is 2.07 bits per heavy atom. The van der Waals surface area contributed by atoms with Crippen LogP contribution in [-0.2, 0) is 14.9 Å². The third-order valence-electron chi connectivity index (χ3n) is 1.89. The normalized spacial score (nSPS) is 14.6. The first-order valence-corrected chi connectivity index (χ1v) is 5.68. The van der Waals surface area contributed by atoms with E-state index in [-0.39, 0.29) is 51.4 Å². The topological polar surface area (TPSA) is 86.3 Å². The van der Waals surface area contributed by atoms with Gasteiger partial charge in [0.1, 0.15) is 0 Å².